The molecule has 13 heavy (non-hydrogen) atoms. The van der Waals surface area contributed by atoms with E-state index in [4.69, 9.17) is 5.73 Å². The van der Waals surface area contributed by atoms with Gasteiger partial charge in [0.2, 0.25) is 0 Å². The molecule has 0 rings (SSSR count). The Morgan fingerprint density at radius 3 is 2.54 bits per heavy atom. The van der Waals surface area contributed by atoms with E-state index in [1.807, 2.05) is 0 Å². The summed E-state index contributed by atoms with van der Waals surface area (Å²) in [5.41, 5.74) is 5.28. The van der Waals surface area contributed by atoms with Crippen molar-refractivity contribution in [1.29, 1.82) is 0 Å². The summed E-state index contributed by atoms with van der Waals surface area (Å²) in [4.78, 5) is 34.5. The molecule has 0 radical (unpaired) electrons. The number of amides is 1. The van der Waals surface area contributed by atoms with Crippen molar-refractivity contribution < 1.29 is 14.4 Å². The Kier molecular flexibility index (Phi) is 5.57. The van der Waals surface area contributed by atoms with Crippen LogP contribution in [0.1, 0.15) is 19.3 Å². The number of nitrogens with zero attached hydrogens (tertiary/aromatic N) is 1. The van der Waals surface area contributed by atoms with Crippen molar-refractivity contribution in [2.45, 2.75) is 25.3 Å². The first-order valence-corrected chi connectivity index (χ1v) is 3.64. The minimum Gasteiger partial charge on any atom is -0.372 e. The first-order valence-electron chi connectivity index (χ1n) is 3.64. The second-order valence-electron chi connectivity index (χ2n) is 2.42. The second-order valence-corrected chi connectivity index (χ2v) is 2.42. The second kappa shape index (κ2) is 6.21. The maximum absolute atomic E-state index is 10.6. The van der Waals surface area contributed by atoms with E-state index in [0.29, 0.717) is 6.42 Å². The van der Waals surface area contributed by atoms with Crippen LogP contribution in [0.25, 0.3) is 0 Å². The molecule has 1 amide bonds. The molecule has 0 aromatic carbocycles. The zero-order valence-electron chi connectivity index (χ0n) is 6.93. The van der Waals surface area contributed by atoms with E-state index in [1.165, 1.54) is 0 Å². The van der Waals surface area contributed by atoms with Crippen LogP contribution in [0, 0.1) is 4.91 Å². The fourth-order valence-electron chi connectivity index (χ4n) is 0.724. The predicted molar refractivity (Wildman–Crippen MR) is 42.9 cm³/mol. The van der Waals surface area contributed by atoms with Gasteiger partial charge in [0.1, 0.15) is 6.04 Å². The molecule has 0 aliphatic carbocycles. The van der Waals surface area contributed by atoms with E-state index in [2.05, 4.69) is 15.9 Å². The van der Waals surface area contributed by atoms with Crippen LogP contribution in [0.4, 0.5) is 0 Å². The molecular weight excluding hydrogens is 178 g/mol. The van der Waals surface area contributed by atoms with Crippen LogP contribution in [-0.2, 0) is 14.4 Å². The lowest BCUT2D eigenvalue weighted by Gasteiger charge is -2.06. The van der Waals surface area contributed by atoms with Crippen molar-refractivity contribution in [2.75, 3.05) is 0 Å². The van der Waals surface area contributed by atoms with Crippen molar-refractivity contribution in [3.05, 3.63) is 4.91 Å². The third kappa shape index (κ3) is 4.99. The molecule has 0 unspecified atom stereocenters. The number of carbonyl (C=O) groups excluding carboxylic acids is 2. The summed E-state index contributed by atoms with van der Waals surface area (Å²) in [5, 5.41) is 2.18. The number of rotatable bonds is 5. The molecule has 0 saturated heterocycles. The molecule has 0 aliphatic rings. The van der Waals surface area contributed by atoms with Gasteiger partial charge in [-0.05, 0) is 12.8 Å². The average Bonchev–Trinajstić information content (AvgIpc) is 2.15. The standard InChI is InChI=1S/C6H11N3O4/c7-4(6(11)13-8)2-1-3-5(10)9-12/h4H,1-3,7-8H2/t4-/m0/s1. The normalized spacial score (nSPS) is 11.8. The minimum absolute atomic E-state index is 0.0188. The van der Waals surface area contributed by atoms with Gasteiger partial charge >= 0.3 is 5.97 Å². The molecule has 0 bridgehead atoms. The summed E-state index contributed by atoms with van der Waals surface area (Å²) in [5.74, 6) is 3.07. The van der Waals surface area contributed by atoms with Gasteiger partial charge in [0.05, 0.1) is 0 Å². The van der Waals surface area contributed by atoms with Gasteiger partial charge in [0, 0.05) is 11.6 Å². The van der Waals surface area contributed by atoms with E-state index >= 15 is 0 Å². The smallest absolute Gasteiger partial charge is 0.341 e. The molecular formula is C6H11N3O4. The van der Waals surface area contributed by atoms with E-state index in [1.54, 1.807) is 0 Å². The van der Waals surface area contributed by atoms with Crippen LogP contribution in [0.15, 0.2) is 5.18 Å². The number of nitrogens with two attached hydrogens (primary N) is 2. The van der Waals surface area contributed by atoms with Crippen LogP contribution < -0.4 is 11.6 Å². The van der Waals surface area contributed by atoms with Gasteiger partial charge in [-0.15, -0.1) is 4.91 Å². The zero-order chi connectivity index (χ0) is 10.3. The molecule has 0 aliphatic heterocycles. The average molecular weight is 189 g/mol. The summed E-state index contributed by atoms with van der Waals surface area (Å²) in [6, 6.07) is -0.857. The quantitative estimate of drug-likeness (QED) is 0.430. The Morgan fingerprint density at radius 2 is 2.08 bits per heavy atom. The summed E-state index contributed by atoms with van der Waals surface area (Å²) >= 11 is 0. The third-order valence-corrected chi connectivity index (χ3v) is 1.43. The number of carbonyl (C=O) groups is 2. The van der Waals surface area contributed by atoms with Crippen molar-refractivity contribution >= 4 is 11.9 Å². The van der Waals surface area contributed by atoms with Gasteiger partial charge in [-0.3, -0.25) is 4.79 Å². The predicted octanol–water partition coefficient (Wildman–Crippen LogP) is -0.806. The SMILES string of the molecule is NOC(=O)[C@@H](N)CCCC(=O)N=O. The highest BCUT2D eigenvalue weighted by Gasteiger charge is 2.14. The van der Waals surface area contributed by atoms with Crippen molar-refractivity contribution in [3.63, 3.8) is 0 Å². The zero-order valence-corrected chi connectivity index (χ0v) is 6.93. The van der Waals surface area contributed by atoms with Gasteiger partial charge in [-0.1, -0.05) is 0 Å². The highest BCUT2D eigenvalue weighted by Crippen LogP contribution is 2.01. The van der Waals surface area contributed by atoms with Gasteiger partial charge in [0.25, 0.3) is 5.91 Å². The highest BCUT2D eigenvalue weighted by molar-refractivity contribution is 5.77. The van der Waals surface area contributed by atoms with Crippen LogP contribution in [0.5, 0.6) is 0 Å². The Bertz CT molecular complexity index is 206. The summed E-state index contributed by atoms with van der Waals surface area (Å²) in [7, 11) is 0. The van der Waals surface area contributed by atoms with E-state index in [9.17, 15) is 14.5 Å². The molecule has 7 nitrogen and oxygen atoms in total. The third-order valence-electron chi connectivity index (χ3n) is 1.43. The Labute approximate surface area is 74.3 Å². The molecule has 0 saturated carbocycles. The number of hydrogen-bond acceptors (Lipinski definition) is 6. The molecule has 0 fully saturated rings. The number of nitroso groups, excluding NO2 is 1. The Morgan fingerprint density at radius 1 is 1.46 bits per heavy atom. The molecule has 0 spiro atoms. The van der Waals surface area contributed by atoms with Gasteiger partial charge in [-0.2, -0.15) is 5.90 Å². The summed E-state index contributed by atoms with van der Waals surface area (Å²) in [6.07, 6.45) is 0.521. The van der Waals surface area contributed by atoms with Crippen LogP contribution in [-0.4, -0.2) is 17.9 Å². The highest BCUT2D eigenvalue weighted by atomic mass is 16.7. The van der Waals surface area contributed by atoms with E-state index in [-0.39, 0.29) is 12.8 Å². The van der Waals surface area contributed by atoms with Crippen LogP contribution in [0.3, 0.4) is 0 Å². The van der Waals surface area contributed by atoms with Gasteiger partial charge in [0.15, 0.2) is 0 Å². The summed E-state index contributed by atoms with van der Waals surface area (Å²) in [6.45, 7) is 0. The molecule has 1 atom stereocenters. The first-order chi connectivity index (χ1) is 6.11. The molecule has 4 N–H and O–H groups in total. The maximum Gasteiger partial charge on any atom is 0.341 e. The maximum atomic E-state index is 10.6. The monoisotopic (exact) mass is 189 g/mol. The Hall–Kier alpha value is -1.34. The number of hydrogen-bond donors (Lipinski definition) is 2. The minimum atomic E-state index is -0.857. The lowest BCUT2D eigenvalue weighted by atomic mass is 10.1. The van der Waals surface area contributed by atoms with Crippen molar-refractivity contribution in [1.82, 2.24) is 0 Å². The lowest BCUT2D eigenvalue weighted by molar-refractivity contribution is -0.146. The fraction of sp³-hybridized carbons (Fsp3) is 0.667. The molecule has 0 heterocycles. The van der Waals surface area contributed by atoms with Gasteiger partial charge < -0.3 is 10.6 Å². The van der Waals surface area contributed by atoms with Crippen LogP contribution >= 0.6 is 0 Å². The largest absolute Gasteiger partial charge is 0.372 e. The van der Waals surface area contributed by atoms with Crippen molar-refractivity contribution in [3.8, 4) is 0 Å². The Balaban J connectivity index is 3.58. The van der Waals surface area contributed by atoms with Crippen molar-refractivity contribution in [2.24, 2.45) is 16.8 Å². The van der Waals surface area contributed by atoms with Gasteiger partial charge in [-0.25, -0.2) is 4.79 Å². The van der Waals surface area contributed by atoms with Crippen LogP contribution in [0.2, 0.25) is 0 Å². The lowest BCUT2D eigenvalue weighted by Crippen LogP contribution is -2.33. The first kappa shape index (κ1) is 11.7. The topological polar surface area (TPSA) is 125 Å². The van der Waals surface area contributed by atoms with E-state index in [0.717, 1.165) is 0 Å². The summed E-state index contributed by atoms with van der Waals surface area (Å²) < 4.78 is 0. The van der Waals surface area contributed by atoms with E-state index < -0.39 is 17.9 Å². The fourth-order valence-corrected chi connectivity index (χ4v) is 0.724. The molecule has 7 heteroatoms. The molecule has 0 aromatic heterocycles. The molecule has 74 valence electrons. The molecule has 0 aromatic rings.